The number of carbonyl (C=O) groups excluding carboxylic acids is 2. The van der Waals surface area contributed by atoms with E-state index in [2.05, 4.69) is 10.2 Å². The topological polar surface area (TPSA) is 58.6 Å². The van der Waals surface area contributed by atoms with Crippen molar-refractivity contribution in [3.63, 3.8) is 0 Å². The van der Waals surface area contributed by atoms with Gasteiger partial charge in [0, 0.05) is 39.9 Å². The van der Waals surface area contributed by atoms with E-state index in [4.69, 9.17) is 16.3 Å². The Morgan fingerprint density at radius 1 is 1.21 bits per heavy atom. The summed E-state index contributed by atoms with van der Waals surface area (Å²) < 4.78 is 5.52. The average molecular weight is 497 g/mol. The van der Waals surface area contributed by atoms with Gasteiger partial charge in [0.15, 0.2) is 5.78 Å². The lowest BCUT2D eigenvalue weighted by Gasteiger charge is -2.36. The van der Waals surface area contributed by atoms with E-state index < -0.39 is 11.5 Å². The lowest BCUT2D eigenvalue weighted by Crippen LogP contribution is -2.52. The van der Waals surface area contributed by atoms with Gasteiger partial charge >= 0.3 is 0 Å². The number of carbonyl (C=O) groups is 2. The molecule has 0 aliphatic carbocycles. The predicted molar refractivity (Wildman–Crippen MR) is 133 cm³/mol. The number of benzene rings is 2. The summed E-state index contributed by atoms with van der Waals surface area (Å²) in [6.07, 6.45) is 0. The minimum absolute atomic E-state index is 0.00942. The molecule has 3 aliphatic rings. The number of halogens is 1. The molecule has 2 saturated heterocycles. The summed E-state index contributed by atoms with van der Waals surface area (Å²) in [5, 5.41) is 5.65. The summed E-state index contributed by atoms with van der Waals surface area (Å²) in [5.74, 6) is 1.37. The first-order chi connectivity index (χ1) is 16.1. The van der Waals surface area contributed by atoms with Crippen LogP contribution in [-0.4, -0.2) is 41.4 Å². The molecular weight excluding hydrogens is 476 g/mol. The molecule has 3 aliphatic heterocycles. The van der Waals surface area contributed by atoms with Crippen molar-refractivity contribution in [2.45, 2.75) is 17.5 Å². The number of rotatable bonds is 4. The number of methoxy groups -OCH3 is 1. The number of hydrogen-bond donors (Lipinski definition) is 1. The summed E-state index contributed by atoms with van der Waals surface area (Å²) in [6.45, 7) is 0. The van der Waals surface area contributed by atoms with E-state index in [9.17, 15) is 9.59 Å². The van der Waals surface area contributed by atoms with Crippen LogP contribution in [-0.2, 0) is 10.3 Å². The Kier molecular flexibility index (Phi) is 5.07. The maximum atomic E-state index is 14.2. The Morgan fingerprint density at radius 2 is 2.03 bits per heavy atom. The Balaban J connectivity index is 1.62. The van der Waals surface area contributed by atoms with Crippen LogP contribution in [0.25, 0.3) is 0 Å². The summed E-state index contributed by atoms with van der Waals surface area (Å²) in [6, 6.07) is 17.2. The van der Waals surface area contributed by atoms with Crippen LogP contribution in [0.1, 0.15) is 26.7 Å². The van der Waals surface area contributed by atoms with Crippen LogP contribution >= 0.6 is 34.7 Å². The van der Waals surface area contributed by atoms with Crippen molar-refractivity contribution < 1.29 is 14.3 Å². The van der Waals surface area contributed by atoms with Gasteiger partial charge in [-0.15, -0.1) is 23.1 Å². The number of Topliss-reactive ketones (excluding diaryl/α,β-unsaturated/α-hetero) is 1. The number of nitrogens with one attached hydrogen (secondary N) is 1. The molecule has 4 atom stereocenters. The molecule has 0 unspecified atom stereocenters. The monoisotopic (exact) mass is 496 g/mol. The number of amides is 1. The Hall–Kier alpha value is -2.32. The van der Waals surface area contributed by atoms with Crippen LogP contribution in [0, 0.1) is 5.92 Å². The zero-order valence-electron chi connectivity index (χ0n) is 17.8. The average Bonchev–Trinajstić information content (AvgIpc) is 3.60. The van der Waals surface area contributed by atoms with Crippen LogP contribution < -0.4 is 10.1 Å². The van der Waals surface area contributed by atoms with Gasteiger partial charge in [0.05, 0.1) is 17.9 Å². The summed E-state index contributed by atoms with van der Waals surface area (Å²) in [7, 11) is 1.62. The summed E-state index contributed by atoms with van der Waals surface area (Å²) in [5.41, 5.74) is 1.51. The summed E-state index contributed by atoms with van der Waals surface area (Å²) >= 11 is 9.43. The van der Waals surface area contributed by atoms with Crippen molar-refractivity contribution in [2.75, 3.05) is 24.1 Å². The van der Waals surface area contributed by atoms with Crippen LogP contribution in [0.3, 0.4) is 0 Å². The maximum Gasteiger partial charge on any atom is 0.250 e. The van der Waals surface area contributed by atoms with Crippen molar-refractivity contribution in [3.05, 3.63) is 81.0 Å². The van der Waals surface area contributed by atoms with E-state index in [1.54, 1.807) is 18.9 Å². The van der Waals surface area contributed by atoms with E-state index in [0.717, 1.165) is 22.6 Å². The van der Waals surface area contributed by atoms with Gasteiger partial charge in [0.1, 0.15) is 11.3 Å². The normalized spacial score (nSPS) is 28.1. The zero-order valence-corrected chi connectivity index (χ0v) is 20.2. The highest BCUT2D eigenvalue weighted by atomic mass is 35.5. The minimum atomic E-state index is -1.09. The van der Waals surface area contributed by atoms with Gasteiger partial charge < -0.3 is 10.1 Å². The highest BCUT2D eigenvalue weighted by molar-refractivity contribution is 7.99. The molecule has 1 aromatic heterocycles. The number of hydrogen-bond acceptors (Lipinski definition) is 6. The van der Waals surface area contributed by atoms with Crippen LogP contribution in [0.5, 0.6) is 5.75 Å². The molecule has 168 valence electrons. The number of fused-ring (bicyclic) bond motifs is 4. The molecule has 6 rings (SSSR count). The quantitative estimate of drug-likeness (QED) is 0.501. The highest BCUT2D eigenvalue weighted by Crippen LogP contribution is 2.61. The molecule has 8 heteroatoms. The van der Waals surface area contributed by atoms with E-state index in [-0.39, 0.29) is 23.7 Å². The molecule has 0 bridgehead atoms. The molecule has 0 saturated carbocycles. The van der Waals surface area contributed by atoms with Gasteiger partial charge in [0.25, 0.3) is 0 Å². The molecule has 3 aromatic rings. The second kappa shape index (κ2) is 7.87. The maximum absolute atomic E-state index is 14.2. The standard InChI is InChI=1S/C25H21ClN2O3S2/c1-31-16-8-9-18-17(11-16)25(24(30)27-18)22(23(29)20-3-2-10-33-20)21(19-12-32-13-28(19)25)14-4-6-15(26)7-5-14/h2-11,19,21-22H,12-13H2,1H3,(H,27,30)/t19-,21-,22-,25+/m1/s1. The number of thiophene rings is 1. The van der Waals surface area contributed by atoms with Gasteiger partial charge in [-0.1, -0.05) is 29.8 Å². The van der Waals surface area contributed by atoms with Crippen LogP contribution in [0.2, 0.25) is 5.02 Å². The molecule has 1 amide bonds. The van der Waals surface area contributed by atoms with E-state index >= 15 is 0 Å². The van der Waals surface area contributed by atoms with Gasteiger partial charge in [-0.05, 0) is 47.3 Å². The van der Waals surface area contributed by atoms with Crippen molar-refractivity contribution >= 4 is 52.1 Å². The zero-order chi connectivity index (χ0) is 22.7. The lowest BCUT2D eigenvalue weighted by atomic mass is 9.70. The molecule has 2 fully saturated rings. The molecular formula is C25H21ClN2O3S2. The fraction of sp³-hybridized carbons (Fsp3) is 0.280. The second-order valence-electron chi connectivity index (χ2n) is 8.57. The fourth-order valence-corrected chi connectivity index (χ4v) is 7.97. The predicted octanol–water partition coefficient (Wildman–Crippen LogP) is 5.23. The molecule has 0 radical (unpaired) electrons. The number of ketones is 1. The third-order valence-corrected chi connectivity index (χ3v) is 9.30. The minimum Gasteiger partial charge on any atom is -0.497 e. The number of anilines is 1. The smallest absolute Gasteiger partial charge is 0.250 e. The van der Waals surface area contributed by atoms with Crippen molar-refractivity contribution in [1.29, 1.82) is 0 Å². The number of nitrogens with zero attached hydrogens (tertiary/aromatic N) is 1. The van der Waals surface area contributed by atoms with Gasteiger partial charge in [-0.3, -0.25) is 14.5 Å². The van der Waals surface area contributed by atoms with Crippen molar-refractivity contribution in [2.24, 2.45) is 5.92 Å². The van der Waals surface area contributed by atoms with Crippen LogP contribution in [0.4, 0.5) is 5.69 Å². The number of ether oxygens (including phenoxy) is 1. The van der Waals surface area contributed by atoms with Gasteiger partial charge in [0.2, 0.25) is 5.91 Å². The second-order valence-corrected chi connectivity index (χ2v) is 10.9. The van der Waals surface area contributed by atoms with Crippen molar-refractivity contribution in [3.8, 4) is 5.75 Å². The molecule has 2 aromatic carbocycles. The highest BCUT2D eigenvalue weighted by Gasteiger charge is 2.69. The lowest BCUT2D eigenvalue weighted by molar-refractivity contribution is -0.127. The fourth-order valence-electron chi connectivity index (χ4n) is 5.81. The van der Waals surface area contributed by atoms with Crippen molar-refractivity contribution in [1.82, 2.24) is 4.90 Å². The first kappa shape index (κ1) is 21.2. The third-order valence-electron chi connectivity index (χ3n) is 7.13. The van der Waals surface area contributed by atoms with E-state index in [1.165, 1.54) is 11.3 Å². The summed E-state index contributed by atoms with van der Waals surface area (Å²) in [4.78, 5) is 31.1. The third kappa shape index (κ3) is 2.96. The van der Waals surface area contributed by atoms with Gasteiger partial charge in [-0.2, -0.15) is 0 Å². The number of thioether (sulfide) groups is 1. The molecule has 1 N–H and O–H groups in total. The molecule has 5 nitrogen and oxygen atoms in total. The SMILES string of the molecule is COc1ccc2c(c1)[C@@]1(C(=O)N2)[C@@H](C(=O)c2cccs2)[C@H](c2ccc(Cl)cc2)[C@H]2CSCN21. The first-order valence-electron chi connectivity index (χ1n) is 10.7. The van der Waals surface area contributed by atoms with E-state index in [1.807, 2.05) is 60.0 Å². The Bertz CT molecular complexity index is 1250. The molecule has 1 spiro atoms. The molecule has 4 heterocycles. The first-order valence-corrected chi connectivity index (χ1v) is 13.1. The largest absolute Gasteiger partial charge is 0.497 e. The van der Waals surface area contributed by atoms with E-state index in [0.29, 0.717) is 21.5 Å². The molecule has 33 heavy (non-hydrogen) atoms. The Morgan fingerprint density at radius 3 is 2.76 bits per heavy atom. The van der Waals surface area contributed by atoms with Crippen LogP contribution in [0.15, 0.2) is 60.0 Å². The van der Waals surface area contributed by atoms with Gasteiger partial charge in [-0.25, -0.2) is 0 Å². The Labute approximate surface area is 205 Å².